The highest BCUT2D eigenvalue weighted by Gasteiger charge is 2.10. The van der Waals surface area contributed by atoms with Crippen LogP contribution in [0.4, 0.5) is 21.7 Å². The standard InChI is InChI=1S/C9H9FN6/c10-6-3-14-9(15-4-6)16(12)8-1-2-13-5-7(8)11/h1-5H,11-12H2. The monoisotopic (exact) mass is 220 g/mol. The lowest BCUT2D eigenvalue weighted by molar-refractivity contribution is 0.613. The maximum absolute atomic E-state index is 12.6. The van der Waals surface area contributed by atoms with Gasteiger partial charge >= 0.3 is 0 Å². The molecule has 16 heavy (non-hydrogen) atoms. The van der Waals surface area contributed by atoms with Crippen molar-refractivity contribution in [2.75, 3.05) is 10.7 Å². The minimum absolute atomic E-state index is 0.152. The van der Waals surface area contributed by atoms with E-state index in [0.29, 0.717) is 11.4 Å². The average Bonchev–Trinajstić information content (AvgIpc) is 2.30. The number of pyridine rings is 1. The van der Waals surface area contributed by atoms with Crippen LogP contribution in [0.15, 0.2) is 30.9 Å². The Morgan fingerprint density at radius 1 is 1.19 bits per heavy atom. The summed E-state index contributed by atoms with van der Waals surface area (Å²) in [6.45, 7) is 0. The van der Waals surface area contributed by atoms with Crippen LogP contribution in [-0.4, -0.2) is 15.0 Å². The average molecular weight is 220 g/mol. The maximum Gasteiger partial charge on any atom is 0.244 e. The zero-order valence-corrected chi connectivity index (χ0v) is 8.21. The van der Waals surface area contributed by atoms with E-state index in [2.05, 4.69) is 15.0 Å². The van der Waals surface area contributed by atoms with E-state index in [4.69, 9.17) is 11.6 Å². The third kappa shape index (κ3) is 1.89. The highest BCUT2D eigenvalue weighted by atomic mass is 19.1. The molecule has 7 heteroatoms. The first-order valence-electron chi connectivity index (χ1n) is 4.40. The summed E-state index contributed by atoms with van der Waals surface area (Å²) < 4.78 is 12.6. The van der Waals surface area contributed by atoms with Crippen molar-refractivity contribution in [1.29, 1.82) is 0 Å². The first-order valence-corrected chi connectivity index (χ1v) is 4.40. The Morgan fingerprint density at radius 3 is 2.50 bits per heavy atom. The number of halogens is 1. The summed E-state index contributed by atoms with van der Waals surface area (Å²) in [4.78, 5) is 11.3. The zero-order valence-electron chi connectivity index (χ0n) is 8.21. The largest absolute Gasteiger partial charge is 0.396 e. The van der Waals surface area contributed by atoms with Crippen molar-refractivity contribution < 1.29 is 4.39 Å². The molecule has 0 aliphatic carbocycles. The molecule has 0 radical (unpaired) electrons. The maximum atomic E-state index is 12.6. The predicted octanol–water partition coefficient (Wildman–Crippen LogP) is 0.605. The Balaban J connectivity index is 2.35. The van der Waals surface area contributed by atoms with E-state index < -0.39 is 5.82 Å². The molecular formula is C9H9FN6. The molecule has 0 amide bonds. The summed E-state index contributed by atoms with van der Waals surface area (Å²) in [7, 11) is 0. The van der Waals surface area contributed by atoms with Crippen LogP contribution in [0.1, 0.15) is 0 Å². The number of hydrogen-bond acceptors (Lipinski definition) is 6. The van der Waals surface area contributed by atoms with Gasteiger partial charge in [-0.25, -0.2) is 25.2 Å². The molecule has 0 aliphatic rings. The van der Waals surface area contributed by atoms with Crippen LogP contribution in [0.3, 0.4) is 0 Å². The number of hydrogen-bond donors (Lipinski definition) is 2. The van der Waals surface area contributed by atoms with Crippen LogP contribution in [0, 0.1) is 5.82 Å². The van der Waals surface area contributed by atoms with Crippen molar-refractivity contribution >= 4 is 17.3 Å². The third-order valence-corrected chi connectivity index (χ3v) is 1.91. The van der Waals surface area contributed by atoms with Crippen molar-refractivity contribution in [3.05, 3.63) is 36.7 Å². The first kappa shape index (κ1) is 10.2. The van der Waals surface area contributed by atoms with Gasteiger partial charge in [-0.2, -0.15) is 0 Å². The Morgan fingerprint density at radius 2 is 1.88 bits per heavy atom. The van der Waals surface area contributed by atoms with Gasteiger partial charge in [0, 0.05) is 6.20 Å². The fraction of sp³-hybridized carbons (Fsp3) is 0. The van der Waals surface area contributed by atoms with E-state index in [1.807, 2.05) is 0 Å². The molecule has 0 saturated carbocycles. The Bertz CT molecular complexity index is 486. The lowest BCUT2D eigenvalue weighted by atomic mass is 10.3. The van der Waals surface area contributed by atoms with Gasteiger partial charge in [0.05, 0.1) is 30.0 Å². The number of rotatable bonds is 2. The summed E-state index contributed by atoms with van der Waals surface area (Å²) in [5.74, 6) is 5.37. The SMILES string of the molecule is Nc1cnccc1N(N)c1ncc(F)cn1. The molecular weight excluding hydrogens is 211 g/mol. The molecule has 82 valence electrons. The molecule has 2 heterocycles. The predicted molar refractivity (Wildman–Crippen MR) is 57.0 cm³/mol. The Kier molecular flexibility index (Phi) is 2.61. The van der Waals surface area contributed by atoms with Crippen LogP contribution >= 0.6 is 0 Å². The molecule has 0 aliphatic heterocycles. The molecule has 0 saturated heterocycles. The molecule has 6 nitrogen and oxygen atoms in total. The minimum Gasteiger partial charge on any atom is -0.396 e. The van der Waals surface area contributed by atoms with E-state index in [-0.39, 0.29) is 5.95 Å². The number of anilines is 3. The van der Waals surface area contributed by atoms with Gasteiger partial charge in [0.1, 0.15) is 0 Å². The van der Waals surface area contributed by atoms with E-state index in [1.165, 1.54) is 12.4 Å². The Hall–Kier alpha value is -2.28. The van der Waals surface area contributed by atoms with Crippen molar-refractivity contribution in [2.24, 2.45) is 5.84 Å². The molecule has 0 spiro atoms. The summed E-state index contributed by atoms with van der Waals surface area (Å²) in [6.07, 6.45) is 5.05. The number of hydrazine groups is 1. The van der Waals surface area contributed by atoms with Crippen LogP contribution in [0.2, 0.25) is 0 Å². The molecule has 2 aromatic heterocycles. The van der Waals surface area contributed by atoms with Gasteiger partial charge in [-0.3, -0.25) is 4.98 Å². The molecule has 2 aromatic rings. The fourth-order valence-electron chi connectivity index (χ4n) is 1.16. The summed E-state index contributed by atoms with van der Waals surface area (Å²) in [5, 5.41) is 1.16. The lowest BCUT2D eigenvalue weighted by Crippen LogP contribution is -2.27. The summed E-state index contributed by atoms with van der Waals surface area (Å²) in [5.41, 5.74) is 6.56. The Labute approximate surface area is 90.7 Å². The molecule has 0 atom stereocenters. The van der Waals surface area contributed by atoms with Gasteiger partial charge in [-0.05, 0) is 6.07 Å². The number of nitrogens with two attached hydrogens (primary N) is 2. The third-order valence-electron chi connectivity index (χ3n) is 1.91. The van der Waals surface area contributed by atoms with E-state index in [9.17, 15) is 4.39 Å². The highest BCUT2D eigenvalue weighted by Crippen LogP contribution is 2.23. The van der Waals surface area contributed by atoms with Crippen LogP contribution in [0.25, 0.3) is 0 Å². The molecule has 0 unspecified atom stereocenters. The second-order valence-corrected chi connectivity index (χ2v) is 3.01. The number of nitrogens with zero attached hydrogens (tertiary/aromatic N) is 4. The van der Waals surface area contributed by atoms with Crippen molar-refractivity contribution in [3.8, 4) is 0 Å². The van der Waals surface area contributed by atoms with E-state index in [1.54, 1.807) is 6.07 Å². The van der Waals surface area contributed by atoms with E-state index in [0.717, 1.165) is 17.4 Å². The van der Waals surface area contributed by atoms with Gasteiger partial charge in [0.2, 0.25) is 5.95 Å². The number of nitrogen functional groups attached to an aromatic ring is 1. The van der Waals surface area contributed by atoms with Crippen molar-refractivity contribution in [2.45, 2.75) is 0 Å². The van der Waals surface area contributed by atoms with E-state index >= 15 is 0 Å². The second-order valence-electron chi connectivity index (χ2n) is 3.01. The molecule has 0 aromatic carbocycles. The fourth-order valence-corrected chi connectivity index (χ4v) is 1.16. The van der Waals surface area contributed by atoms with Crippen LogP contribution < -0.4 is 16.6 Å². The molecule has 0 fully saturated rings. The van der Waals surface area contributed by atoms with Gasteiger partial charge in [-0.15, -0.1) is 0 Å². The molecule has 0 bridgehead atoms. The van der Waals surface area contributed by atoms with Crippen molar-refractivity contribution in [3.63, 3.8) is 0 Å². The second kappa shape index (κ2) is 4.07. The summed E-state index contributed by atoms with van der Waals surface area (Å²) in [6, 6.07) is 1.61. The first-order chi connectivity index (χ1) is 7.68. The number of aromatic nitrogens is 3. The van der Waals surface area contributed by atoms with Gasteiger partial charge < -0.3 is 5.73 Å². The topological polar surface area (TPSA) is 94.0 Å². The quantitative estimate of drug-likeness (QED) is 0.568. The normalized spacial score (nSPS) is 10.1. The smallest absolute Gasteiger partial charge is 0.244 e. The van der Waals surface area contributed by atoms with Crippen molar-refractivity contribution in [1.82, 2.24) is 15.0 Å². The van der Waals surface area contributed by atoms with Gasteiger partial charge in [-0.1, -0.05) is 0 Å². The van der Waals surface area contributed by atoms with Gasteiger partial charge in [0.25, 0.3) is 0 Å². The lowest BCUT2D eigenvalue weighted by Gasteiger charge is -2.17. The summed E-state index contributed by atoms with van der Waals surface area (Å²) >= 11 is 0. The van der Waals surface area contributed by atoms with Crippen LogP contribution in [-0.2, 0) is 0 Å². The van der Waals surface area contributed by atoms with Gasteiger partial charge in [0.15, 0.2) is 5.82 Å². The molecule has 4 N–H and O–H groups in total. The zero-order chi connectivity index (χ0) is 11.5. The highest BCUT2D eigenvalue weighted by molar-refractivity contribution is 5.69. The van der Waals surface area contributed by atoms with Crippen LogP contribution in [0.5, 0.6) is 0 Å². The molecule has 2 rings (SSSR count). The minimum atomic E-state index is -0.528.